The normalized spacial score (nSPS) is 40.9. The Morgan fingerprint density at radius 1 is 0.875 bits per heavy atom. The molecule has 0 bridgehead atoms. The summed E-state index contributed by atoms with van der Waals surface area (Å²) in [6.07, 6.45) is 8.68. The molecule has 94 valence electrons. The van der Waals surface area contributed by atoms with Gasteiger partial charge < -0.3 is 9.47 Å². The molecule has 2 unspecified atom stereocenters. The van der Waals surface area contributed by atoms with Crippen LogP contribution in [0.15, 0.2) is 0 Å². The van der Waals surface area contributed by atoms with Crippen molar-refractivity contribution in [1.82, 2.24) is 0 Å². The summed E-state index contributed by atoms with van der Waals surface area (Å²) in [7, 11) is 0. The van der Waals surface area contributed by atoms with Crippen LogP contribution in [0, 0.1) is 11.8 Å². The van der Waals surface area contributed by atoms with E-state index in [1.807, 2.05) is 0 Å². The van der Waals surface area contributed by atoms with E-state index in [0.717, 1.165) is 31.5 Å². The second-order valence-corrected chi connectivity index (χ2v) is 5.42. The van der Waals surface area contributed by atoms with Crippen molar-refractivity contribution >= 4 is 0 Å². The second-order valence-electron chi connectivity index (χ2n) is 5.42. The van der Waals surface area contributed by atoms with Gasteiger partial charge in [-0.15, -0.1) is 0 Å². The van der Waals surface area contributed by atoms with Crippen molar-refractivity contribution < 1.29 is 9.47 Å². The van der Waals surface area contributed by atoms with E-state index >= 15 is 0 Å². The first-order valence-electron chi connectivity index (χ1n) is 7.06. The molecule has 1 aliphatic carbocycles. The molecule has 2 rings (SSSR count). The molecule has 2 aliphatic rings. The molecule has 0 aromatic rings. The fraction of sp³-hybridized carbons (Fsp3) is 1.00. The molecule has 0 radical (unpaired) electrons. The standard InChI is InChI=1S/C14H26O2/c1-3-11-5-7-12(8-6-11)14-10-15-13(4-2)9-16-14/h11-14H,3-10H2,1-2H3. The highest BCUT2D eigenvalue weighted by Crippen LogP contribution is 2.34. The Morgan fingerprint density at radius 2 is 1.62 bits per heavy atom. The van der Waals surface area contributed by atoms with E-state index in [-0.39, 0.29) is 0 Å². The monoisotopic (exact) mass is 226 g/mol. The Bertz CT molecular complexity index is 167. The topological polar surface area (TPSA) is 18.5 Å². The highest BCUT2D eigenvalue weighted by atomic mass is 16.6. The van der Waals surface area contributed by atoms with Gasteiger partial charge in [0.15, 0.2) is 0 Å². The molecule has 1 saturated carbocycles. The zero-order valence-corrected chi connectivity index (χ0v) is 10.8. The van der Waals surface area contributed by atoms with Crippen LogP contribution < -0.4 is 0 Å². The highest BCUT2D eigenvalue weighted by molar-refractivity contribution is 4.80. The molecule has 2 heteroatoms. The summed E-state index contributed by atoms with van der Waals surface area (Å²) >= 11 is 0. The lowest BCUT2D eigenvalue weighted by Gasteiger charge is -2.37. The summed E-state index contributed by atoms with van der Waals surface area (Å²) in [5.41, 5.74) is 0. The van der Waals surface area contributed by atoms with E-state index < -0.39 is 0 Å². The van der Waals surface area contributed by atoms with Crippen molar-refractivity contribution in [1.29, 1.82) is 0 Å². The predicted molar refractivity (Wildman–Crippen MR) is 65.5 cm³/mol. The van der Waals surface area contributed by atoms with Gasteiger partial charge >= 0.3 is 0 Å². The van der Waals surface area contributed by atoms with Crippen LogP contribution in [0.25, 0.3) is 0 Å². The molecule has 1 saturated heterocycles. The maximum atomic E-state index is 5.96. The Morgan fingerprint density at radius 3 is 2.12 bits per heavy atom. The van der Waals surface area contributed by atoms with E-state index in [4.69, 9.17) is 9.47 Å². The average Bonchev–Trinajstić information content (AvgIpc) is 2.39. The number of ether oxygens (including phenoxy) is 2. The average molecular weight is 226 g/mol. The van der Waals surface area contributed by atoms with Gasteiger partial charge in [0.25, 0.3) is 0 Å². The third kappa shape index (κ3) is 2.98. The minimum Gasteiger partial charge on any atom is -0.373 e. The summed E-state index contributed by atoms with van der Waals surface area (Å²) in [5, 5.41) is 0. The molecule has 0 amide bonds. The number of hydrogen-bond acceptors (Lipinski definition) is 2. The van der Waals surface area contributed by atoms with Crippen molar-refractivity contribution in [3.05, 3.63) is 0 Å². The van der Waals surface area contributed by atoms with Crippen LogP contribution in [0.4, 0.5) is 0 Å². The molecule has 2 nitrogen and oxygen atoms in total. The third-order valence-corrected chi connectivity index (χ3v) is 4.44. The molecular weight excluding hydrogens is 200 g/mol. The van der Waals surface area contributed by atoms with E-state index in [1.165, 1.54) is 32.1 Å². The first-order valence-corrected chi connectivity index (χ1v) is 7.06. The summed E-state index contributed by atoms with van der Waals surface area (Å²) in [6.45, 7) is 6.13. The summed E-state index contributed by atoms with van der Waals surface area (Å²) in [5.74, 6) is 1.74. The Kier molecular flexibility index (Phi) is 4.66. The number of rotatable bonds is 3. The molecule has 0 spiro atoms. The van der Waals surface area contributed by atoms with Crippen LogP contribution in [0.2, 0.25) is 0 Å². The lowest BCUT2D eigenvalue weighted by atomic mass is 9.78. The SMILES string of the molecule is CCC1CCC(C2COC(CC)CO2)CC1. The first-order chi connectivity index (χ1) is 7.83. The Labute approximate surface area is 99.7 Å². The van der Waals surface area contributed by atoms with Crippen molar-refractivity contribution in [3.8, 4) is 0 Å². The quantitative estimate of drug-likeness (QED) is 0.734. The van der Waals surface area contributed by atoms with Crippen molar-refractivity contribution in [2.45, 2.75) is 64.6 Å². The van der Waals surface area contributed by atoms with Gasteiger partial charge in [0.2, 0.25) is 0 Å². The molecule has 0 N–H and O–H groups in total. The third-order valence-electron chi connectivity index (χ3n) is 4.44. The van der Waals surface area contributed by atoms with Crippen LogP contribution >= 0.6 is 0 Å². The maximum Gasteiger partial charge on any atom is 0.0838 e. The lowest BCUT2D eigenvalue weighted by molar-refractivity contribution is -0.155. The highest BCUT2D eigenvalue weighted by Gasteiger charge is 2.31. The fourth-order valence-electron chi connectivity index (χ4n) is 3.03. The second kappa shape index (κ2) is 6.02. The smallest absolute Gasteiger partial charge is 0.0838 e. The molecule has 1 heterocycles. The Balaban J connectivity index is 1.73. The van der Waals surface area contributed by atoms with Gasteiger partial charge in [0.05, 0.1) is 25.4 Å². The fourth-order valence-corrected chi connectivity index (χ4v) is 3.03. The Hall–Kier alpha value is -0.0800. The van der Waals surface area contributed by atoms with Crippen LogP contribution in [-0.4, -0.2) is 25.4 Å². The van der Waals surface area contributed by atoms with E-state index in [0.29, 0.717) is 12.2 Å². The molecule has 1 aliphatic heterocycles. The zero-order valence-electron chi connectivity index (χ0n) is 10.8. The van der Waals surface area contributed by atoms with Crippen molar-refractivity contribution in [2.75, 3.05) is 13.2 Å². The van der Waals surface area contributed by atoms with Crippen LogP contribution in [0.1, 0.15) is 52.4 Å². The summed E-state index contributed by atoms with van der Waals surface area (Å²) in [4.78, 5) is 0. The van der Waals surface area contributed by atoms with Gasteiger partial charge in [-0.2, -0.15) is 0 Å². The van der Waals surface area contributed by atoms with E-state index in [9.17, 15) is 0 Å². The van der Waals surface area contributed by atoms with Crippen molar-refractivity contribution in [3.63, 3.8) is 0 Å². The molecule has 2 fully saturated rings. The van der Waals surface area contributed by atoms with Crippen LogP contribution in [-0.2, 0) is 9.47 Å². The van der Waals surface area contributed by atoms with Crippen molar-refractivity contribution in [2.24, 2.45) is 11.8 Å². The van der Waals surface area contributed by atoms with Gasteiger partial charge in [0, 0.05) is 0 Å². The van der Waals surface area contributed by atoms with Gasteiger partial charge in [-0.1, -0.05) is 33.1 Å². The first kappa shape index (κ1) is 12.4. The maximum absolute atomic E-state index is 5.96. The minimum absolute atomic E-state index is 0.350. The van der Waals surface area contributed by atoms with Crippen LogP contribution in [0.3, 0.4) is 0 Å². The minimum atomic E-state index is 0.350. The van der Waals surface area contributed by atoms with Gasteiger partial charge in [0.1, 0.15) is 0 Å². The van der Waals surface area contributed by atoms with E-state index in [1.54, 1.807) is 0 Å². The van der Waals surface area contributed by atoms with E-state index in [2.05, 4.69) is 13.8 Å². The molecule has 0 aromatic carbocycles. The van der Waals surface area contributed by atoms with Gasteiger partial charge in [-0.05, 0) is 31.1 Å². The number of hydrogen-bond donors (Lipinski definition) is 0. The lowest BCUT2D eigenvalue weighted by Crippen LogP contribution is -2.40. The van der Waals surface area contributed by atoms with Gasteiger partial charge in [-0.3, -0.25) is 0 Å². The zero-order chi connectivity index (χ0) is 11.4. The largest absolute Gasteiger partial charge is 0.373 e. The summed E-state index contributed by atoms with van der Waals surface area (Å²) in [6, 6.07) is 0. The molecule has 0 aromatic heterocycles. The van der Waals surface area contributed by atoms with Gasteiger partial charge in [-0.25, -0.2) is 0 Å². The molecule has 2 atom stereocenters. The molecular formula is C14H26O2. The molecule has 16 heavy (non-hydrogen) atoms. The summed E-state index contributed by atoms with van der Waals surface area (Å²) < 4.78 is 11.8. The van der Waals surface area contributed by atoms with Crippen LogP contribution in [0.5, 0.6) is 0 Å². The predicted octanol–water partition coefficient (Wildman–Crippen LogP) is 3.40.